The fourth-order valence-electron chi connectivity index (χ4n) is 2.53. The molecule has 0 saturated carbocycles. The first-order valence-corrected chi connectivity index (χ1v) is 9.25. The van der Waals surface area contributed by atoms with Crippen LogP contribution in [0.4, 0.5) is 0 Å². The molecule has 0 aromatic carbocycles. The fourth-order valence-corrected chi connectivity index (χ4v) is 2.53. The Morgan fingerprint density at radius 3 is 1.39 bits per heavy atom. The SMILES string of the molecule is CC(C)(C)OC(=O)CCCCCCCCCCCCCC(=O)O. The van der Waals surface area contributed by atoms with E-state index in [0.717, 1.165) is 32.1 Å². The van der Waals surface area contributed by atoms with Gasteiger partial charge in [-0.2, -0.15) is 0 Å². The van der Waals surface area contributed by atoms with Crippen molar-refractivity contribution in [3.8, 4) is 0 Å². The van der Waals surface area contributed by atoms with Gasteiger partial charge in [-0.1, -0.05) is 57.8 Å². The Morgan fingerprint density at radius 1 is 0.696 bits per heavy atom. The van der Waals surface area contributed by atoms with Crippen LogP contribution in [0.5, 0.6) is 0 Å². The van der Waals surface area contributed by atoms with E-state index < -0.39 is 5.97 Å². The predicted octanol–water partition coefficient (Wildman–Crippen LogP) is 5.48. The largest absolute Gasteiger partial charge is 0.481 e. The van der Waals surface area contributed by atoms with E-state index in [0.29, 0.717) is 12.8 Å². The zero-order chi connectivity index (χ0) is 17.6. The molecule has 0 amide bonds. The van der Waals surface area contributed by atoms with Crippen molar-refractivity contribution in [1.29, 1.82) is 0 Å². The number of aliphatic carboxylic acids is 1. The highest BCUT2D eigenvalue weighted by molar-refractivity contribution is 5.69. The lowest BCUT2D eigenvalue weighted by Crippen LogP contribution is -2.23. The Morgan fingerprint density at radius 2 is 1.04 bits per heavy atom. The molecular weight excluding hydrogens is 292 g/mol. The number of carboxylic acids is 1. The predicted molar refractivity (Wildman–Crippen MR) is 93.5 cm³/mol. The van der Waals surface area contributed by atoms with Gasteiger partial charge in [-0.25, -0.2) is 0 Å². The monoisotopic (exact) mass is 328 g/mol. The molecule has 0 aliphatic carbocycles. The summed E-state index contributed by atoms with van der Waals surface area (Å²) >= 11 is 0. The molecule has 0 aliphatic rings. The van der Waals surface area contributed by atoms with Crippen LogP contribution < -0.4 is 0 Å². The van der Waals surface area contributed by atoms with Crippen molar-refractivity contribution < 1.29 is 19.4 Å². The van der Waals surface area contributed by atoms with Gasteiger partial charge in [0.25, 0.3) is 0 Å². The quantitative estimate of drug-likeness (QED) is 0.338. The summed E-state index contributed by atoms with van der Waals surface area (Å²) in [6.07, 6.45) is 13.3. The maximum atomic E-state index is 11.5. The van der Waals surface area contributed by atoms with Gasteiger partial charge in [0.1, 0.15) is 5.60 Å². The molecule has 4 nitrogen and oxygen atoms in total. The minimum Gasteiger partial charge on any atom is -0.481 e. The van der Waals surface area contributed by atoms with Crippen LogP contribution >= 0.6 is 0 Å². The van der Waals surface area contributed by atoms with Crippen LogP contribution in [-0.2, 0) is 14.3 Å². The van der Waals surface area contributed by atoms with E-state index in [-0.39, 0.29) is 11.6 Å². The maximum absolute atomic E-state index is 11.5. The second-order valence-electron chi connectivity index (χ2n) is 7.37. The number of hydrogen-bond acceptors (Lipinski definition) is 3. The first-order valence-electron chi connectivity index (χ1n) is 9.25. The lowest BCUT2D eigenvalue weighted by atomic mass is 10.0. The zero-order valence-electron chi connectivity index (χ0n) is 15.4. The number of carbonyl (C=O) groups is 2. The third kappa shape index (κ3) is 18.9. The first kappa shape index (κ1) is 21.9. The number of rotatable bonds is 14. The van der Waals surface area contributed by atoms with Crippen LogP contribution in [0.1, 0.15) is 104 Å². The highest BCUT2D eigenvalue weighted by Crippen LogP contribution is 2.14. The Balaban J connectivity index is 3.19. The van der Waals surface area contributed by atoms with Crippen LogP contribution in [-0.4, -0.2) is 22.6 Å². The summed E-state index contributed by atoms with van der Waals surface area (Å²) < 4.78 is 5.28. The molecule has 0 fully saturated rings. The Kier molecular flexibility index (Phi) is 12.8. The van der Waals surface area contributed by atoms with Crippen molar-refractivity contribution >= 4 is 11.9 Å². The summed E-state index contributed by atoms with van der Waals surface area (Å²) in [6.45, 7) is 5.70. The lowest BCUT2D eigenvalue weighted by Gasteiger charge is -2.19. The first-order chi connectivity index (χ1) is 10.8. The molecular formula is C19H36O4. The number of carbonyl (C=O) groups excluding carboxylic acids is 1. The van der Waals surface area contributed by atoms with Gasteiger partial charge in [-0.05, 0) is 33.6 Å². The second kappa shape index (κ2) is 13.4. The number of carboxylic acid groups (broad SMARTS) is 1. The molecule has 0 rings (SSSR count). The summed E-state index contributed by atoms with van der Waals surface area (Å²) in [6, 6.07) is 0. The van der Waals surface area contributed by atoms with E-state index in [4.69, 9.17) is 9.84 Å². The molecule has 1 N–H and O–H groups in total. The molecule has 0 atom stereocenters. The Bertz CT molecular complexity index is 318. The van der Waals surface area contributed by atoms with Gasteiger partial charge >= 0.3 is 11.9 Å². The molecule has 0 saturated heterocycles. The van der Waals surface area contributed by atoms with E-state index in [1.165, 1.54) is 38.5 Å². The van der Waals surface area contributed by atoms with Crippen molar-refractivity contribution in [3.05, 3.63) is 0 Å². The van der Waals surface area contributed by atoms with Crippen LogP contribution in [0.15, 0.2) is 0 Å². The Labute approximate surface area is 142 Å². The second-order valence-corrected chi connectivity index (χ2v) is 7.37. The average Bonchev–Trinajstić information content (AvgIpc) is 2.41. The molecule has 4 heteroatoms. The summed E-state index contributed by atoms with van der Waals surface area (Å²) in [7, 11) is 0. The van der Waals surface area contributed by atoms with Gasteiger partial charge in [0.2, 0.25) is 0 Å². The van der Waals surface area contributed by atoms with Crippen molar-refractivity contribution in [2.75, 3.05) is 0 Å². The molecule has 0 unspecified atom stereocenters. The molecule has 136 valence electrons. The summed E-state index contributed by atoms with van der Waals surface area (Å²) in [5.74, 6) is -0.767. The standard InChI is InChI=1S/C19H36O4/c1-19(2,3)23-18(22)16-14-12-10-8-6-4-5-7-9-11-13-15-17(20)21/h4-16H2,1-3H3,(H,20,21). The normalized spacial score (nSPS) is 11.4. The molecule has 23 heavy (non-hydrogen) atoms. The number of ether oxygens (including phenoxy) is 1. The molecule has 0 spiro atoms. The topological polar surface area (TPSA) is 63.6 Å². The molecule has 0 aliphatic heterocycles. The van der Waals surface area contributed by atoms with E-state index in [1.807, 2.05) is 20.8 Å². The number of unbranched alkanes of at least 4 members (excludes halogenated alkanes) is 10. The minimum absolute atomic E-state index is 0.0830. The average molecular weight is 328 g/mol. The van der Waals surface area contributed by atoms with E-state index in [2.05, 4.69) is 0 Å². The smallest absolute Gasteiger partial charge is 0.306 e. The molecule has 0 radical (unpaired) electrons. The van der Waals surface area contributed by atoms with Crippen LogP contribution in [0, 0.1) is 0 Å². The maximum Gasteiger partial charge on any atom is 0.306 e. The van der Waals surface area contributed by atoms with Crippen molar-refractivity contribution in [2.24, 2.45) is 0 Å². The number of esters is 1. The summed E-state index contributed by atoms with van der Waals surface area (Å²) in [5, 5.41) is 8.53. The third-order valence-electron chi connectivity index (χ3n) is 3.69. The van der Waals surface area contributed by atoms with E-state index >= 15 is 0 Å². The van der Waals surface area contributed by atoms with Gasteiger partial charge < -0.3 is 9.84 Å². The highest BCUT2D eigenvalue weighted by atomic mass is 16.6. The van der Waals surface area contributed by atoms with Crippen molar-refractivity contribution in [1.82, 2.24) is 0 Å². The molecule has 0 aromatic heterocycles. The lowest BCUT2D eigenvalue weighted by molar-refractivity contribution is -0.155. The van der Waals surface area contributed by atoms with Crippen LogP contribution in [0.25, 0.3) is 0 Å². The third-order valence-corrected chi connectivity index (χ3v) is 3.69. The van der Waals surface area contributed by atoms with Crippen LogP contribution in [0.2, 0.25) is 0 Å². The minimum atomic E-state index is -0.684. The number of hydrogen-bond donors (Lipinski definition) is 1. The van der Waals surface area contributed by atoms with Gasteiger partial charge in [0.15, 0.2) is 0 Å². The van der Waals surface area contributed by atoms with Gasteiger partial charge in [0.05, 0.1) is 0 Å². The van der Waals surface area contributed by atoms with Gasteiger partial charge in [-0.15, -0.1) is 0 Å². The summed E-state index contributed by atoms with van der Waals surface area (Å²) in [4.78, 5) is 21.9. The van der Waals surface area contributed by atoms with Gasteiger partial charge in [0, 0.05) is 12.8 Å². The van der Waals surface area contributed by atoms with E-state index in [1.54, 1.807) is 0 Å². The van der Waals surface area contributed by atoms with E-state index in [9.17, 15) is 9.59 Å². The highest BCUT2D eigenvalue weighted by Gasteiger charge is 2.15. The summed E-state index contributed by atoms with van der Waals surface area (Å²) in [5.41, 5.74) is -0.370. The van der Waals surface area contributed by atoms with Crippen LogP contribution in [0.3, 0.4) is 0 Å². The fraction of sp³-hybridized carbons (Fsp3) is 0.895. The molecule has 0 bridgehead atoms. The van der Waals surface area contributed by atoms with Crippen molar-refractivity contribution in [2.45, 2.75) is 110 Å². The van der Waals surface area contributed by atoms with Crippen molar-refractivity contribution in [3.63, 3.8) is 0 Å². The van der Waals surface area contributed by atoms with Gasteiger partial charge in [-0.3, -0.25) is 9.59 Å². The Hall–Kier alpha value is -1.06. The zero-order valence-corrected chi connectivity index (χ0v) is 15.4. The molecule has 0 heterocycles. The molecule has 0 aromatic rings.